The molecule has 0 aliphatic heterocycles. The maximum Gasteiger partial charge on any atom is 0.311 e. The van der Waals surface area contributed by atoms with E-state index in [2.05, 4.69) is 10.3 Å². The topological polar surface area (TPSA) is 68.1 Å². The molecule has 0 amide bonds. The zero-order valence-corrected chi connectivity index (χ0v) is 9.86. The number of pyridine rings is 1. The Balaban J connectivity index is 3.00. The number of anilines is 1. The molecule has 0 atom stereocenters. The third-order valence-electron chi connectivity index (χ3n) is 2.54. The number of rotatable bonds is 5. The van der Waals surface area contributed by atoms with E-state index in [9.17, 15) is 10.1 Å². The lowest BCUT2D eigenvalue weighted by Crippen LogP contribution is -2.19. The van der Waals surface area contributed by atoms with Crippen LogP contribution in [0.15, 0.2) is 12.1 Å². The Hall–Kier alpha value is -1.65. The van der Waals surface area contributed by atoms with Crippen LogP contribution in [0.1, 0.15) is 32.4 Å². The molecule has 1 N–H and O–H groups in total. The summed E-state index contributed by atoms with van der Waals surface area (Å²) in [7, 11) is 0. The highest BCUT2D eigenvalue weighted by Gasteiger charge is 2.17. The molecule has 1 aromatic rings. The van der Waals surface area contributed by atoms with E-state index in [0.29, 0.717) is 5.82 Å². The van der Waals surface area contributed by atoms with Crippen LogP contribution in [0.25, 0.3) is 0 Å². The van der Waals surface area contributed by atoms with Gasteiger partial charge in [-0.3, -0.25) is 10.1 Å². The Labute approximate surface area is 95.0 Å². The normalized spacial score (nSPS) is 10.5. The summed E-state index contributed by atoms with van der Waals surface area (Å²) in [5, 5.41) is 13.9. The SMILES string of the molecule is CCC(CC)Nc1nc(C)ccc1[N+](=O)[O-]. The Morgan fingerprint density at radius 3 is 2.56 bits per heavy atom. The van der Waals surface area contributed by atoms with Gasteiger partial charge in [0.2, 0.25) is 5.82 Å². The number of aryl methyl sites for hydroxylation is 1. The predicted octanol–water partition coefficient (Wildman–Crippen LogP) is 2.90. The third-order valence-corrected chi connectivity index (χ3v) is 2.54. The molecule has 0 saturated heterocycles. The quantitative estimate of drug-likeness (QED) is 0.615. The summed E-state index contributed by atoms with van der Waals surface area (Å²) in [5.74, 6) is 0.374. The molecule has 0 fully saturated rings. The third kappa shape index (κ3) is 2.92. The molecule has 0 unspecified atom stereocenters. The average molecular weight is 223 g/mol. The van der Waals surface area contributed by atoms with Crippen molar-refractivity contribution >= 4 is 11.5 Å². The fourth-order valence-corrected chi connectivity index (χ4v) is 1.49. The van der Waals surface area contributed by atoms with E-state index in [1.807, 2.05) is 20.8 Å². The summed E-state index contributed by atoms with van der Waals surface area (Å²) in [6, 6.07) is 3.37. The molecular weight excluding hydrogens is 206 g/mol. The van der Waals surface area contributed by atoms with Crippen molar-refractivity contribution in [1.29, 1.82) is 0 Å². The Kier molecular flexibility index (Phi) is 4.22. The van der Waals surface area contributed by atoms with Crippen LogP contribution in [0.2, 0.25) is 0 Å². The molecule has 1 heterocycles. The summed E-state index contributed by atoms with van der Waals surface area (Å²) in [6.07, 6.45) is 1.84. The first-order valence-corrected chi connectivity index (χ1v) is 5.47. The predicted molar refractivity (Wildman–Crippen MR) is 63.6 cm³/mol. The lowest BCUT2D eigenvalue weighted by atomic mass is 10.1. The first kappa shape index (κ1) is 12.4. The Bertz CT molecular complexity index is 375. The van der Waals surface area contributed by atoms with Crippen molar-refractivity contribution in [3.05, 3.63) is 27.9 Å². The molecule has 0 radical (unpaired) electrons. The van der Waals surface area contributed by atoms with Crippen molar-refractivity contribution < 1.29 is 4.92 Å². The highest BCUT2D eigenvalue weighted by molar-refractivity contribution is 5.56. The number of aromatic nitrogens is 1. The zero-order chi connectivity index (χ0) is 12.1. The van der Waals surface area contributed by atoms with Crippen molar-refractivity contribution in [2.45, 2.75) is 39.7 Å². The molecule has 88 valence electrons. The fourth-order valence-electron chi connectivity index (χ4n) is 1.49. The highest BCUT2D eigenvalue weighted by Crippen LogP contribution is 2.23. The Morgan fingerprint density at radius 2 is 2.06 bits per heavy atom. The van der Waals surface area contributed by atoms with Crippen molar-refractivity contribution in [3.63, 3.8) is 0 Å². The van der Waals surface area contributed by atoms with Crippen LogP contribution in [0, 0.1) is 17.0 Å². The monoisotopic (exact) mass is 223 g/mol. The molecule has 0 spiro atoms. The summed E-state index contributed by atoms with van der Waals surface area (Å²) >= 11 is 0. The van der Waals surface area contributed by atoms with E-state index in [0.717, 1.165) is 18.5 Å². The van der Waals surface area contributed by atoms with Crippen molar-refractivity contribution in [2.75, 3.05) is 5.32 Å². The van der Waals surface area contributed by atoms with Gasteiger partial charge in [0.25, 0.3) is 0 Å². The van der Waals surface area contributed by atoms with Crippen LogP contribution in [0.3, 0.4) is 0 Å². The van der Waals surface area contributed by atoms with Crippen LogP contribution in [-0.2, 0) is 0 Å². The molecule has 1 aromatic heterocycles. The van der Waals surface area contributed by atoms with Gasteiger partial charge in [0.15, 0.2) is 0 Å². The van der Waals surface area contributed by atoms with E-state index >= 15 is 0 Å². The van der Waals surface area contributed by atoms with Gasteiger partial charge in [-0.25, -0.2) is 4.98 Å². The minimum Gasteiger partial charge on any atom is -0.362 e. The molecule has 0 aliphatic rings. The smallest absolute Gasteiger partial charge is 0.311 e. The minimum atomic E-state index is -0.406. The molecule has 16 heavy (non-hydrogen) atoms. The number of nitrogens with zero attached hydrogens (tertiary/aromatic N) is 2. The molecule has 0 saturated carbocycles. The van der Waals surface area contributed by atoms with Gasteiger partial charge in [-0.05, 0) is 25.8 Å². The first-order chi connectivity index (χ1) is 7.58. The maximum absolute atomic E-state index is 10.8. The average Bonchev–Trinajstić information content (AvgIpc) is 2.25. The van der Waals surface area contributed by atoms with Crippen molar-refractivity contribution in [2.24, 2.45) is 0 Å². The van der Waals surface area contributed by atoms with Crippen molar-refractivity contribution in [3.8, 4) is 0 Å². The summed E-state index contributed by atoms with van der Waals surface area (Å²) < 4.78 is 0. The van der Waals surface area contributed by atoms with Crippen LogP contribution >= 0.6 is 0 Å². The van der Waals surface area contributed by atoms with Gasteiger partial charge in [0.1, 0.15) is 0 Å². The second kappa shape index (κ2) is 5.44. The van der Waals surface area contributed by atoms with Gasteiger partial charge in [-0.1, -0.05) is 13.8 Å². The van der Waals surface area contributed by atoms with E-state index < -0.39 is 4.92 Å². The number of nitro groups is 1. The summed E-state index contributed by atoms with van der Waals surface area (Å²) in [6.45, 7) is 5.91. The standard InChI is InChI=1S/C11H17N3O2/c1-4-9(5-2)13-11-10(14(15)16)7-6-8(3)12-11/h6-7,9H,4-5H2,1-3H3,(H,12,13). The summed E-state index contributed by atoms with van der Waals surface area (Å²) in [5.41, 5.74) is 0.816. The second-order valence-electron chi connectivity index (χ2n) is 3.74. The van der Waals surface area contributed by atoms with E-state index in [-0.39, 0.29) is 11.7 Å². The zero-order valence-electron chi connectivity index (χ0n) is 9.86. The van der Waals surface area contributed by atoms with Gasteiger partial charge in [0.05, 0.1) is 4.92 Å². The molecule has 0 bridgehead atoms. The van der Waals surface area contributed by atoms with Crippen LogP contribution < -0.4 is 5.32 Å². The minimum absolute atomic E-state index is 0.0394. The lowest BCUT2D eigenvalue weighted by Gasteiger charge is -2.15. The summed E-state index contributed by atoms with van der Waals surface area (Å²) in [4.78, 5) is 14.6. The van der Waals surface area contributed by atoms with Crippen LogP contribution in [0.5, 0.6) is 0 Å². The largest absolute Gasteiger partial charge is 0.362 e. The first-order valence-electron chi connectivity index (χ1n) is 5.47. The van der Waals surface area contributed by atoms with E-state index in [4.69, 9.17) is 0 Å². The molecule has 0 aliphatic carbocycles. The molecule has 0 aromatic carbocycles. The second-order valence-corrected chi connectivity index (χ2v) is 3.74. The van der Waals surface area contributed by atoms with E-state index in [1.165, 1.54) is 6.07 Å². The molecular formula is C11H17N3O2. The van der Waals surface area contributed by atoms with Crippen LogP contribution in [-0.4, -0.2) is 15.9 Å². The van der Waals surface area contributed by atoms with Gasteiger partial charge in [0, 0.05) is 17.8 Å². The van der Waals surface area contributed by atoms with Gasteiger partial charge >= 0.3 is 5.69 Å². The van der Waals surface area contributed by atoms with Gasteiger partial charge in [-0.2, -0.15) is 0 Å². The van der Waals surface area contributed by atoms with Gasteiger partial charge in [-0.15, -0.1) is 0 Å². The Morgan fingerprint density at radius 1 is 1.44 bits per heavy atom. The lowest BCUT2D eigenvalue weighted by molar-refractivity contribution is -0.384. The fraction of sp³-hybridized carbons (Fsp3) is 0.545. The molecule has 1 rings (SSSR count). The molecule has 5 heteroatoms. The molecule has 5 nitrogen and oxygen atoms in total. The number of hydrogen-bond acceptors (Lipinski definition) is 4. The highest BCUT2D eigenvalue weighted by atomic mass is 16.6. The number of nitrogens with one attached hydrogen (secondary N) is 1. The van der Waals surface area contributed by atoms with Crippen molar-refractivity contribution in [1.82, 2.24) is 4.98 Å². The van der Waals surface area contributed by atoms with Gasteiger partial charge < -0.3 is 5.32 Å². The van der Waals surface area contributed by atoms with E-state index in [1.54, 1.807) is 6.07 Å². The maximum atomic E-state index is 10.8. The number of hydrogen-bond donors (Lipinski definition) is 1. The van der Waals surface area contributed by atoms with Crippen LogP contribution in [0.4, 0.5) is 11.5 Å².